The maximum atomic E-state index is 11.8. The van der Waals surface area contributed by atoms with E-state index in [0.29, 0.717) is 18.9 Å². The summed E-state index contributed by atoms with van der Waals surface area (Å²) in [6.07, 6.45) is 4.87. The molecule has 1 saturated heterocycles. The van der Waals surface area contributed by atoms with E-state index in [-0.39, 0.29) is 5.91 Å². The number of sulfonamides is 1. The summed E-state index contributed by atoms with van der Waals surface area (Å²) in [4.78, 5) is 11.8. The second kappa shape index (κ2) is 7.38. The van der Waals surface area contributed by atoms with Crippen LogP contribution in [0, 0.1) is 5.92 Å². The average Bonchev–Trinajstić information content (AvgIpc) is 2.32. The number of carbonyl (C=O) groups excluding carboxylic acids is 1. The Morgan fingerprint density at radius 3 is 2.65 bits per heavy atom. The Kier molecular flexibility index (Phi) is 6.42. The van der Waals surface area contributed by atoms with Crippen LogP contribution in [0.3, 0.4) is 0 Å². The van der Waals surface area contributed by atoms with Crippen LogP contribution in [0.25, 0.3) is 0 Å². The van der Waals surface area contributed by atoms with E-state index in [1.165, 1.54) is 12.8 Å². The lowest BCUT2D eigenvalue weighted by atomic mass is 9.94. The maximum absolute atomic E-state index is 11.8. The van der Waals surface area contributed by atoms with Gasteiger partial charge >= 0.3 is 0 Å². The Bertz CT molecular complexity index is 415. The minimum absolute atomic E-state index is 0.0149. The Morgan fingerprint density at radius 2 is 2.10 bits per heavy atom. The second-order valence-corrected chi connectivity index (χ2v) is 8.03. The normalized spacial score (nSPS) is 20.6. The molecule has 20 heavy (non-hydrogen) atoms. The van der Waals surface area contributed by atoms with E-state index in [1.54, 1.807) is 13.8 Å². The second-order valence-electron chi connectivity index (χ2n) is 6.29. The molecule has 1 aliphatic rings. The van der Waals surface area contributed by atoms with Crippen molar-refractivity contribution in [3.63, 3.8) is 0 Å². The molecule has 0 aromatic heterocycles. The van der Waals surface area contributed by atoms with E-state index in [1.807, 2.05) is 0 Å². The fraction of sp³-hybridized carbons (Fsp3) is 0.923. The first-order valence-electron chi connectivity index (χ1n) is 7.14. The number of amides is 1. The number of rotatable bonds is 7. The van der Waals surface area contributed by atoms with Crippen molar-refractivity contribution in [1.29, 1.82) is 0 Å². The summed E-state index contributed by atoms with van der Waals surface area (Å²) in [6, 6.07) is 0. The van der Waals surface area contributed by atoms with Crippen molar-refractivity contribution in [3.05, 3.63) is 0 Å². The molecule has 1 fully saturated rings. The molecule has 1 amide bonds. The van der Waals surface area contributed by atoms with Crippen LogP contribution in [-0.2, 0) is 14.8 Å². The van der Waals surface area contributed by atoms with E-state index in [0.717, 1.165) is 25.8 Å². The van der Waals surface area contributed by atoms with Crippen LogP contribution in [0.2, 0.25) is 0 Å². The Balaban J connectivity index is 2.24. The van der Waals surface area contributed by atoms with Crippen molar-refractivity contribution >= 4 is 15.9 Å². The van der Waals surface area contributed by atoms with Gasteiger partial charge in [-0.3, -0.25) is 4.79 Å². The number of carbonyl (C=O) groups is 1. The third-order valence-electron chi connectivity index (χ3n) is 3.37. The van der Waals surface area contributed by atoms with Crippen molar-refractivity contribution < 1.29 is 13.2 Å². The molecule has 118 valence electrons. The first-order chi connectivity index (χ1) is 9.18. The van der Waals surface area contributed by atoms with E-state index >= 15 is 0 Å². The number of hydrogen-bond donors (Lipinski definition) is 3. The van der Waals surface area contributed by atoms with Gasteiger partial charge in [0.05, 0.1) is 6.26 Å². The zero-order chi connectivity index (χ0) is 15.2. The molecule has 1 unspecified atom stereocenters. The molecule has 1 rings (SSSR count). The first kappa shape index (κ1) is 17.4. The molecule has 0 aliphatic carbocycles. The third-order valence-corrected chi connectivity index (χ3v) is 4.29. The van der Waals surface area contributed by atoms with E-state index in [4.69, 9.17) is 0 Å². The molecule has 1 aliphatic heterocycles. The third kappa shape index (κ3) is 7.81. The van der Waals surface area contributed by atoms with Gasteiger partial charge in [-0.15, -0.1) is 0 Å². The Hall–Kier alpha value is -0.660. The predicted molar refractivity (Wildman–Crippen MR) is 79.9 cm³/mol. The minimum Gasteiger partial charge on any atom is -0.354 e. The highest BCUT2D eigenvalue weighted by molar-refractivity contribution is 7.88. The lowest BCUT2D eigenvalue weighted by molar-refractivity contribution is -0.121. The molecule has 1 atom stereocenters. The van der Waals surface area contributed by atoms with Gasteiger partial charge in [-0.25, -0.2) is 13.1 Å². The summed E-state index contributed by atoms with van der Waals surface area (Å²) in [5, 5.41) is 6.13. The molecule has 1 heterocycles. The molecule has 0 aromatic carbocycles. The molecule has 0 aromatic rings. The van der Waals surface area contributed by atoms with Crippen LogP contribution in [0.5, 0.6) is 0 Å². The average molecular weight is 305 g/mol. The van der Waals surface area contributed by atoms with Crippen molar-refractivity contribution in [1.82, 2.24) is 15.4 Å². The lowest BCUT2D eigenvalue weighted by Crippen LogP contribution is -2.51. The van der Waals surface area contributed by atoms with Gasteiger partial charge < -0.3 is 10.6 Å². The smallest absolute Gasteiger partial charge is 0.220 e. The Labute approximate surface area is 122 Å². The quantitative estimate of drug-likeness (QED) is 0.627. The van der Waals surface area contributed by atoms with Crippen molar-refractivity contribution in [2.75, 3.05) is 25.9 Å². The maximum Gasteiger partial charge on any atom is 0.220 e. The molecular formula is C13H27N3O3S. The molecule has 7 heteroatoms. The topological polar surface area (TPSA) is 87.3 Å². The van der Waals surface area contributed by atoms with Crippen LogP contribution in [0.15, 0.2) is 0 Å². The fourth-order valence-electron chi connectivity index (χ4n) is 2.45. The van der Waals surface area contributed by atoms with E-state index in [9.17, 15) is 13.2 Å². The molecular weight excluding hydrogens is 278 g/mol. The minimum atomic E-state index is -3.27. The molecule has 0 spiro atoms. The van der Waals surface area contributed by atoms with Gasteiger partial charge in [0.1, 0.15) is 0 Å². The summed E-state index contributed by atoms with van der Waals surface area (Å²) in [7, 11) is -3.27. The van der Waals surface area contributed by atoms with Crippen LogP contribution < -0.4 is 15.4 Å². The van der Waals surface area contributed by atoms with Crippen LogP contribution >= 0.6 is 0 Å². The first-order valence-corrected chi connectivity index (χ1v) is 9.03. The van der Waals surface area contributed by atoms with Gasteiger partial charge in [0.25, 0.3) is 0 Å². The molecule has 0 bridgehead atoms. The number of nitrogens with one attached hydrogen (secondary N) is 3. The predicted octanol–water partition coefficient (Wildman–Crippen LogP) is 0.210. The zero-order valence-electron chi connectivity index (χ0n) is 12.7. The molecule has 3 N–H and O–H groups in total. The largest absolute Gasteiger partial charge is 0.354 e. The summed E-state index contributed by atoms with van der Waals surface area (Å²) in [5.41, 5.74) is -0.671. The van der Waals surface area contributed by atoms with Gasteiger partial charge in [0.2, 0.25) is 15.9 Å². The molecule has 6 nitrogen and oxygen atoms in total. The monoisotopic (exact) mass is 305 g/mol. The van der Waals surface area contributed by atoms with E-state index in [2.05, 4.69) is 15.4 Å². The lowest BCUT2D eigenvalue weighted by Gasteiger charge is -2.26. The summed E-state index contributed by atoms with van der Waals surface area (Å²) in [5.74, 6) is 0.565. The highest BCUT2D eigenvalue weighted by atomic mass is 32.2. The van der Waals surface area contributed by atoms with Gasteiger partial charge in [-0.2, -0.15) is 0 Å². The summed E-state index contributed by atoms with van der Waals surface area (Å²) < 4.78 is 24.9. The van der Waals surface area contributed by atoms with Gasteiger partial charge in [-0.05, 0) is 52.1 Å². The van der Waals surface area contributed by atoms with Crippen LogP contribution in [-0.4, -0.2) is 45.8 Å². The van der Waals surface area contributed by atoms with Crippen molar-refractivity contribution in [2.24, 2.45) is 5.92 Å². The van der Waals surface area contributed by atoms with Gasteiger partial charge in [0.15, 0.2) is 0 Å². The Morgan fingerprint density at radius 1 is 1.40 bits per heavy atom. The van der Waals surface area contributed by atoms with Gasteiger partial charge in [-0.1, -0.05) is 0 Å². The zero-order valence-corrected chi connectivity index (χ0v) is 13.5. The van der Waals surface area contributed by atoms with Crippen molar-refractivity contribution in [2.45, 2.75) is 45.1 Å². The van der Waals surface area contributed by atoms with Crippen LogP contribution in [0.1, 0.15) is 39.5 Å². The highest BCUT2D eigenvalue weighted by Crippen LogP contribution is 2.15. The number of piperidine rings is 1. The molecule has 0 saturated carbocycles. The van der Waals surface area contributed by atoms with E-state index < -0.39 is 15.6 Å². The van der Waals surface area contributed by atoms with Gasteiger partial charge in [0, 0.05) is 18.5 Å². The summed E-state index contributed by atoms with van der Waals surface area (Å²) in [6.45, 7) is 5.86. The summed E-state index contributed by atoms with van der Waals surface area (Å²) >= 11 is 0. The highest BCUT2D eigenvalue weighted by Gasteiger charge is 2.23. The number of hydrogen-bond acceptors (Lipinski definition) is 4. The SMILES string of the molecule is CC(C)(CNC(=O)CCC1CCCNC1)NS(C)(=O)=O. The van der Waals surface area contributed by atoms with Crippen LogP contribution in [0.4, 0.5) is 0 Å². The van der Waals surface area contributed by atoms with Crippen molar-refractivity contribution in [3.8, 4) is 0 Å². The standard InChI is InChI=1S/C13H27N3O3S/c1-13(2,16-20(3,18)19)10-15-12(17)7-6-11-5-4-8-14-9-11/h11,14,16H,4-10H2,1-3H3,(H,15,17). The fourth-order valence-corrected chi connectivity index (χ4v) is 3.53. The molecule has 0 radical (unpaired) electrons.